The number of H-pyrrole nitrogens is 1. The predicted molar refractivity (Wildman–Crippen MR) is 102 cm³/mol. The van der Waals surface area contributed by atoms with E-state index in [0.717, 1.165) is 37.2 Å². The molecule has 1 N–H and O–H groups in total. The van der Waals surface area contributed by atoms with Gasteiger partial charge in [0.25, 0.3) is 0 Å². The predicted octanol–water partition coefficient (Wildman–Crippen LogP) is 3.66. The van der Waals surface area contributed by atoms with Gasteiger partial charge in [-0.3, -0.25) is 9.69 Å². The van der Waals surface area contributed by atoms with Gasteiger partial charge in [0.1, 0.15) is 11.6 Å². The lowest BCUT2D eigenvalue weighted by Crippen LogP contribution is -2.42. The lowest BCUT2D eigenvalue weighted by Gasteiger charge is -2.37. The van der Waals surface area contributed by atoms with Crippen LogP contribution in [0.1, 0.15) is 36.7 Å². The van der Waals surface area contributed by atoms with Gasteiger partial charge < -0.3 is 4.98 Å². The van der Waals surface area contributed by atoms with Gasteiger partial charge in [-0.15, -0.1) is 0 Å². The number of benzene rings is 1. The van der Waals surface area contributed by atoms with Gasteiger partial charge in [0.05, 0.1) is 6.04 Å². The molecule has 2 unspecified atom stereocenters. The van der Waals surface area contributed by atoms with Crippen LogP contribution in [0.4, 0.5) is 4.39 Å². The van der Waals surface area contributed by atoms with Crippen LogP contribution < -0.4 is 0 Å². The van der Waals surface area contributed by atoms with E-state index < -0.39 is 6.04 Å². The molecule has 2 fully saturated rings. The van der Waals surface area contributed by atoms with Crippen molar-refractivity contribution in [2.75, 3.05) is 13.1 Å². The Kier molecular flexibility index (Phi) is 4.96. The van der Waals surface area contributed by atoms with Crippen LogP contribution in [0.3, 0.4) is 0 Å². The zero-order chi connectivity index (χ0) is 18.1. The van der Waals surface area contributed by atoms with Crippen molar-refractivity contribution < 1.29 is 9.18 Å². The van der Waals surface area contributed by atoms with E-state index in [0.29, 0.717) is 12.1 Å². The Morgan fingerprint density at radius 2 is 2.15 bits per heavy atom. The van der Waals surface area contributed by atoms with Crippen molar-refractivity contribution >= 4 is 24.5 Å². The Balaban J connectivity index is 1.65. The van der Waals surface area contributed by atoms with E-state index in [2.05, 4.69) is 14.9 Å². The van der Waals surface area contributed by atoms with Crippen LogP contribution in [-0.2, 0) is 4.79 Å². The Labute approximate surface area is 157 Å². The average molecular weight is 371 g/mol. The normalized spacial score (nSPS) is 23.9. The molecule has 2 aliphatic rings. The first kappa shape index (κ1) is 17.5. The van der Waals surface area contributed by atoms with Crippen LogP contribution in [0.15, 0.2) is 42.2 Å². The van der Waals surface area contributed by atoms with Crippen molar-refractivity contribution in [2.24, 2.45) is 5.92 Å². The summed E-state index contributed by atoms with van der Waals surface area (Å²) in [5.41, 5.74) is 1.58. The van der Waals surface area contributed by atoms with Crippen molar-refractivity contribution in [2.45, 2.75) is 30.6 Å². The van der Waals surface area contributed by atoms with E-state index in [1.807, 2.05) is 6.08 Å². The highest BCUT2D eigenvalue weighted by Crippen LogP contribution is 2.39. The summed E-state index contributed by atoms with van der Waals surface area (Å²) >= 11 is 4.69. The monoisotopic (exact) mass is 371 g/mol. The molecule has 4 rings (SSSR count). The van der Waals surface area contributed by atoms with Crippen molar-refractivity contribution in [3.63, 3.8) is 0 Å². The maximum atomic E-state index is 14.5. The first-order valence-corrected chi connectivity index (χ1v) is 9.55. The molecule has 6 heteroatoms. The minimum Gasteiger partial charge on any atom is -0.345 e. The topological polar surface area (TPSA) is 49.0 Å². The maximum absolute atomic E-state index is 14.5. The molecule has 0 radical (unpaired) electrons. The minimum atomic E-state index is -0.524. The molecule has 136 valence electrons. The number of piperidine rings is 1. The zero-order valence-electron chi connectivity index (χ0n) is 14.4. The number of halogens is 1. The van der Waals surface area contributed by atoms with Crippen LogP contribution in [0.5, 0.6) is 0 Å². The Morgan fingerprint density at radius 1 is 1.35 bits per heavy atom. The van der Waals surface area contributed by atoms with Gasteiger partial charge in [-0.25, -0.2) is 9.37 Å². The first-order valence-electron chi connectivity index (χ1n) is 9.03. The number of hydrogen-bond donors (Lipinski definition) is 2. The molecule has 1 aliphatic heterocycles. The number of ketones is 1. The fourth-order valence-corrected chi connectivity index (χ4v) is 3.88. The number of thiol groups is 1. The van der Waals surface area contributed by atoms with Gasteiger partial charge in [-0.1, -0.05) is 18.2 Å². The summed E-state index contributed by atoms with van der Waals surface area (Å²) < 4.78 is 14.5. The summed E-state index contributed by atoms with van der Waals surface area (Å²) in [5.74, 6) is 0.684. The van der Waals surface area contributed by atoms with Gasteiger partial charge >= 0.3 is 0 Å². The smallest absolute Gasteiger partial charge is 0.157 e. The second-order valence-electron chi connectivity index (χ2n) is 7.07. The third-order valence-corrected chi connectivity index (χ3v) is 5.75. The Hall–Kier alpha value is -1.92. The summed E-state index contributed by atoms with van der Waals surface area (Å²) in [7, 11) is 0. The second-order valence-corrected chi connectivity index (χ2v) is 7.69. The molecule has 2 aromatic rings. The lowest BCUT2D eigenvalue weighted by molar-refractivity contribution is -0.126. The number of nitrogens with zero attached hydrogens (tertiary/aromatic N) is 2. The number of rotatable bonds is 5. The molecule has 4 nitrogen and oxygen atoms in total. The fraction of sp³-hybridized carbons (Fsp3) is 0.400. The summed E-state index contributed by atoms with van der Waals surface area (Å²) in [6, 6.07) is 6.12. The van der Waals surface area contributed by atoms with Crippen molar-refractivity contribution in [3.8, 4) is 0 Å². The third-order valence-electron chi connectivity index (χ3n) is 5.16. The summed E-state index contributed by atoms with van der Waals surface area (Å²) in [4.78, 5) is 22.4. The molecule has 0 amide bonds. The molecule has 2 heterocycles. The number of aromatic nitrogens is 2. The van der Waals surface area contributed by atoms with Crippen molar-refractivity contribution in [3.05, 3.63) is 59.4 Å². The zero-order valence-corrected chi connectivity index (χ0v) is 15.3. The number of Topliss-reactive ketones (excluding diaryl/α,β-unsaturated/α-hetero) is 1. The fourth-order valence-electron chi connectivity index (χ4n) is 3.60. The number of hydrogen-bond acceptors (Lipinski definition) is 4. The summed E-state index contributed by atoms with van der Waals surface area (Å²) in [6.45, 7) is 1.31. The van der Waals surface area contributed by atoms with Crippen LogP contribution in [0.2, 0.25) is 0 Å². The second kappa shape index (κ2) is 7.37. The van der Waals surface area contributed by atoms with E-state index in [1.54, 1.807) is 30.6 Å². The standard InChI is InChI=1S/C20H22FN3OS/c21-16-4-2-1-3-15(16)19(20(25)13-5-6-13)24-10-7-17(26)14(12-24)11-18-22-8-9-23-18/h1-4,8-9,11,13,17,19,26H,5-7,10,12H2,(H,22,23)/b14-11-. The average Bonchev–Trinajstić information content (AvgIpc) is 3.37. The molecule has 1 aromatic heterocycles. The molecule has 1 saturated heterocycles. The number of likely N-dealkylation sites (tertiary alicyclic amines) is 1. The van der Waals surface area contributed by atoms with E-state index in [9.17, 15) is 9.18 Å². The van der Waals surface area contributed by atoms with E-state index in [4.69, 9.17) is 12.6 Å². The Morgan fingerprint density at radius 3 is 2.85 bits per heavy atom. The highest BCUT2D eigenvalue weighted by molar-refractivity contribution is 7.81. The number of carbonyl (C=O) groups excluding carboxylic acids is 1. The van der Waals surface area contributed by atoms with E-state index in [1.165, 1.54) is 6.07 Å². The molecule has 1 saturated carbocycles. The summed E-state index contributed by atoms with van der Waals surface area (Å²) in [5, 5.41) is 0.119. The molecular weight excluding hydrogens is 349 g/mol. The molecule has 1 aliphatic carbocycles. The lowest BCUT2D eigenvalue weighted by atomic mass is 9.93. The van der Waals surface area contributed by atoms with E-state index in [-0.39, 0.29) is 22.8 Å². The van der Waals surface area contributed by atoms with Gasteiger partial charge in [0.2, 0.25) is 0 Å². The molecule has 26 heavy (non-hydrogen) atoms. The first-order chi connectivity index (χ1) is 12.6. The van der Waals surface area contributed by atoms with Crippen LogP contribution in [0.25, 0.3) is 6.08 Å². The number of carbonyl (C=O) groups is 1. The van der Waals surface area contributed by atoms with Crippen LogP contribution >= 0.6 is 12.6 Å². The third kappa shape index (κ3) is 3.62. The van der Waals surface area contributed by atoms with E-state index >= 15 is 0 Å². The largest absolute Gasteiger partial charge is 0.345 e. The number of aromatic amines is 1. The highest BCUT2D eigenvalue weighted by Gasteiger charge is 2.40. The minimum absolute atomic E-state index is 0.0748. The van der Waals surface area contributed by atoms with Gasteiger partial charge in [-0.05, 0) is 37.0 Å². The Bertz CT molecular complexity index is 816. The molecule has 0 bridgehead atoms. The molecule has 1 aromatic carbocycles. The molecule has 0 spiro atoms. The molecular formula is C20H22FN3OS. The van der Waals surface area contributed by atoms with Gasteiger partial charge in [-0.2, -0.15) is 12.6 Å². The SMILES string of the molecule is O=C(C1CC1)C(c1ccccc1F)N1CCC(S)/C(=C\c2ncc[nH]2)C1. The van der Waals surface area contributed by atoms with Gasteiger partial charge in [0.15, 0.2) is 5.78 Å². The summed E-state index contributed by atoms with van der Waals surface area (Å²) in [6.07, 6.45) is 8.13. The van der Waals surface area contributed by atoms with Crippen molar-refractivity contribution in [1.29, 1.82) is 0 Å². The van der Waals surface area contributed by atoms with Crippen LogP contribution in [-0.4, -0.2) is 39.0 Å². The highest BCUT2D eigenvalue weighted by atomic mass is 32.1. The van der Waals surface area contributed by atoms with Crippen LogP contribution in [0, 0.1) is 11.7 Å². The van der Waals surface area contributed by atoms with Crippen molar-refractivity contribution in [1.82, 2.24) is 14.9 Å². The number of nitrogens with one attached hydrogen (secondary N) is 1. The maximum Gasteiger partial charge on any atom is 0.157 e. The quantitative estimate of drug-likeness (QED) is 0.789. The number of imidazole rings is 1. The molecule has 2 atom stereocenters. The van der Waals surface area contributed by atoms with Gasteiger partial charge in [0, 0.05) is 42.2 Å².